The highest BCUT2D eigenvalue weighted by Crippen LogP contribution is 2.26. The lowest BCUT2D eigenvalue weighted by molar-refractivity contribution is 0.154. The molecule has 23 heavy (non-hydrogen) atoms. The van der Waals surface area contributed by atoms with Crippen LogP contribution in [0.5, 0.6) is 0 Å². The molecule has 3 heterocycles. The molecule has 5 nitrogen and oxygen atoms in total. The van der Waals surface area contributed by atoms with Crippen LogP contribution in [0.25, 0.3) is 22.4 Å². The number of β-amino-alcohol motifs (C(OH)–C–C–N with tert-alkyl or cyclic N) is 1. The summed E-state index contributed by atoms with van der Waals surface area (Å²) in [7, 11) is 2.04. The first-order valence-corrected chi connectivity index (χ1v) is 8.03. The summed E-state index contributed by atoms with van der Waals surface area (Å²) in [5.41, 5.74) is 2.18. The Morgan fingerprint density at radius 2 is 2.09 bits per heavy atom. The average molecular weight is 308 g/mol. The first-order chi connectivity index (χ1) is 11.2. The topological polar surface area (TPSA) is 54.2 Å². The minimum absolute atomic E-state index is 0.264. The third-order valence-corrected chi connectivity index (χ3v) is 4.54. The number of fused-ring (bicyclic) bond motifs is 1. The SMILES string of the molecule is Cn1c(-c2nccc(N3CCC[C@H](O)C3)n2)cc2ccccc21. The smallest absolute Gasteiger partial charge is 0.178 e. The Labute approximate surface area is 135 Å². The summed E-state index contributed by atoms with van der Waals surface area (Å²) in [6.07, 6.45) is 3.41. The van der Waals surface area contributed by atoms with Gasteiger partial charge in [-0.2, -0.15) is 0 Å². The summed E-state index contributed by atoms with van der Waals surface area (Å²) in [5, 5.41) is 11.1. The van der Waals surface area contributed by atoms with Gasteiger partial charge in [-0.1, -0.05) is 18.2 Å². The van der Waals surface area contributed by atoms with Gasteiger partial charge in [-0.05, 0) is 31.0 Å². The lowest BCUT2D eigenvalue weighted by Crippen LogP contribution is -2.38. The van der Waals surface area contributed by atoms with Crippen LogP contribution in [0, 0.1) is 0 Å². The molecule has 0 bridgehead atoms. The Morgan fingerprint density at radius 3 is 2.91 bits per heavy atom. The standard InChI is InChI=1S/C18H20N4O/c1-21-15-7-3-2-5-13(15)11-16(21)18-19-9-8-17(20-18)22-10-4-6-14(23)12-22/h2-3,5,7-9,11,14,23H,4,6,10,12H2,1H3/t14-/m0/s1. The van der Waals surface area contributed by atoms with Crippen LogP contribution in [0.3, 0.4) is 0 Å². The van der Waals surface area contributed by atoms with E-state index in [4.69, 9.17) is 4.98 Å². The van der Waals surface area contributed by atoms with Crippen LogP contribution in [0.1, 0.15) is 12.8 Å². The molecule has 0 spiro atoms. The predicted molar refractivity (Wildman–Crippen MR) is 91.4 cm³/mol. The summed E-state index contributed by atoms with van der Waals surface area (Å²) >= 11 is 0. The number of aliphatic hydroxyl groups is 1. The van der Waals surface area contributed by atoms with E-state index in [0.29, 0.717) is 6.54 Å². The maximum absolute atomic E-state index is 9.88. The second-order valence-corrected chi connectivity index (χ2v) is 6.13. The van der Waals surface area contributed by atoms with Crippen LogP contribution in [0.4, 0.5) is 5.82 Å². The zero-order chi connectivity index (χ0) is 15.8. The predicted octanol–water partition coefficient (Wildman–Crippen LogP) is 2.60. The Hall–Kier alpha value is -2.40. The lowest BCUT2D eigenvalue weighted by Gasteiger charge is -2.31. The highest BCUT2D eigenvalue weighted by molar-refractivity contribution is 5.85. The van der Waals surface area contributed by atoms with Gasteiger partial charge in [0, 0.05) is 37.2 Å². The fourth-order valence-electron chi connectivity index (χ4n) is 3.31. The summed E-state index contributed by atoms with van der Waals surface area (Å²) in [5.74, 6) is 1.61. The molecule has 1 atom stereocenters. The number of nitrogens with zero attached hydrogens (tertiary/aromatic N) is 4. The van der Waals surface area contributed by atoms with Gasteiger partial charge in [0.15, 0.2) is 5.82 Å². The van der Waals surface area contributed by atoms with Crippen LogP contribution >= 0.6 is 0 Å². The van der Waals surface area contributed by atoms with Gasteiger partial charge < -0.3 is 14.6 Å². The zero-order valence-corrected chi connectivity index (χ0v) is 13.2. The highest BCUT2D eigenvalue weighted by Gasteiger charge is 2.20. The minimum Gasteiger partial charge on any atom is -0.391 e. The molecule has 2 aromatic heterocycles. The van der Waals surface area contributed by atoms with E-state index in [1.54, 1.807) is 6.20 Å². The van der Waals surface area contributed by atoms with Crippen molar-refractivity contribution in [2.45, 2.75) is 18.9 Å². The van der Waals surface area contributed by atoms with Crippen molar-refractivity contribution in [3.8, 4) is 11.5 Å². The number of piperidine rings is 1. The number of aromatic nitrogens is 3. The van der Waals surface area contributed by atoms with E-state index in [1.165, 1.54) is 10.9 Å². The Kier molecular flexibility index (Phi) is 3.50. The molecule has 3 aromatic rings. The van der Waals surface area contributed by atoms with Gasteiger partial charge in [-0.15, -0.1) is 0 Å². The second-order valence-electron chi connectivity index (χ2n) is 6.13. The van der Waals surface area contributed by atoms with E-state index >= 15 is 0 Å². The van der Waals surface area contributed by atoms with E-state index in [-0.39, 0.29) is 6.10 Å². The Balaban J connectivity index is 1.74. The molecule has 0 amide bonds. The van der Waals surface area contributed by atoms with Gasteiger partial charge >= 0.3 is 0 Å². The molecule has 4 rings (SSSR count). The van der Waals surface area contributed by atoms with Crippen LogP contribution in [0.15, 0.2) is 42.6 Å². The van der Waals surface area contributed by atoms with Crippen molar-refractivity contribution in [1.82, 2.24) is 14.5 Å². The summed E-state index contributed by atoms with van der Waals surface area (Å²) in [4.78, 5) is 11.3. The number of hydrogen-bond donors (Lipinski definition) is 1. The highest BCUT2D eigenvalue weighted by atomic mass is 16.3. The van der Waals surface area contributed by atoms with Gasteiger partial charge in [-0.25, -0.2) is 9.97 Å². The molecule has 1 fully saturated rings. The summed E-state index contributed by atoms with van der Waals surface area (Å²) < 4.78 is 2.12. The van der Waals surface area contributed by atoms with Crippen molar-refractivity contribution in [3.05, 3.63) is 42.6 Å². The molecule has 1 aliphatic rings. The quantitative estimate of drug-likeness (QED) is 0.790. The largest absolute Gasteiger partial charge is 0.391 e. The fourth-order valence-corrected chi connectivity index (χ4v) is 3.31. The number of hydrogen-bond acceptors (Lipinski definition) is 4. The molecule has 1 saturated heterocycles. The van der Waals surface area contributed by atoms with Gasteiger partial charge in [0.05, 0.1) is 11.8 Å². The monoisotopic (exact) mass is 308 g/mol. The Morgan fingerprint density at radius 1 is 1.22 bits per heavy atom. The van der Waals surface area contributed by atoms with Crippen LogP contribution < -0.4 is 4.90 Å². The third kappa shape index (κ3) is 2.57. The van der Waals surface area contributed by atoms with E-state index in [1.807, 2.05) is 25.2 Å². The third-order valence-electron chi connectivity index (χ3n) is 4.54. The van der Waals surface area contributed by atoms with Crippen molar-refractivity contribution in [1.29, 1.82) is 0 Å². The maximum Gasteiger partial charge on any atom is 0.178 e. The zero-order valence-electron chi connectivity index (χ0n) is 13.2. The summed E-state index contributed by atoms with van der Waals surface area (Å²) in [6.45, 7) is 1.58. The molecule has 0 aliphatic carbocycles. The number of anilines is 1. The number of aryl methyl sites for hydroxylation is 1. The molecule has 1 N–H and O–H groups in total. The lowest BCUT2D eigenvalue weighted by atomic mass is 10.1. The van der Waals surface area contributed by atoms with E-state index in [0.717, 1.165) is 36.7 Å². The van der Waals surface area contributed by atoms with Gasteiger partial charge in [0.25, 0.3) is 0 Å². The fraction of sp³-hybridized carbons (Fsp3) is 0.333. The van der Waals surface area contributed by atoms with Gasteiger partial charge in [-0.3, -0.25) is 0 Å². The minimum atomic E-state index is -0.264. The van der Waals surface area contributed by atoms with Gasteiger partial charge in [0.2, 0.25) is 0 Å². The van der Waals surface area contributed by atoms with E-state index in [9.17, 15) is 5.11 Å². The molecule has 1 aromatic carbocycles. The Bertz CT molecular complexity index is 842. The first-order valence-electron chi connectivity index (χ1n) is 8.03. The molecule has 0 saturated carbocycles. The van der Waals surface area contributed by atoms with Crippen LogP contribution in [-0.4, -0.2) is 38.8 Å². The second kappa shape index (κ2) is 5.66. The van der Waals surface area contributed by atoms with Crippen molar-refractivity contribution in [2.75, 3.05) is 18.0 Å². The molecule has 1 aliphatic heterocycles. The normalized spacial score (nSPS) is 18.5. The molecule has 5 heteroatoms. The molecular weight excluding hydrogens is 288 g/mol. The van der Waals surface area contributed by atoms with E-state index in [2.05, 4.69) is 32.7 Å². The van der Waals surface area contributed by atoms with Crippen LogP contribution in [-0.2, 0) is 7.05 Å². The van der Waals surface area contributed by atoms with Crippen LogP contribution in [0.2, 0.25) is 0 Å². The number of aliphatic hydroxyl groups excluding tert-OH is 1. The molecule has 118 valence electrons. The first kappa shape index (κ1) is 14.2. The molecular formula is C18H20N4O. The van der Waals surface area contributed by atoms with E-state index < -0.39 is 0 Å². The van der Waals surface area contributed by atoms with Crippen molar-refractivity contribution in [2.24, 2.45) is 7.05 Å². The average Bonchev–Trinajstić information content (AvgIpc) is 2.92. The van der Waals surface area contributed by atoms with Crippen molar-refractivity contribution in [3.63, 3.8) is 0 Å². The van der Waals surface area contributed by atoms with Crippen molar-refractivity contribution < 1.29 is 5.11 Å². The number of para-hydroxylation sites is 1. The molecule has 0 unspecified atom stereocenters. The molecule has 0 radical (unpaired) electrons. The van der Waals surface area contributed by atoms with Crippen molar-refractivity contribution >= 4 is 16.7 Å². The number of rotatable bonds is 2. The summed E-state index contributed by atoms with van der Waals surface area (Å²) in [6, 6.07) is 12.3. The maximum atomic E-state index is 9.88. The number of benzene rings is 1. The van der Waals surface area contributed by atoms with Gasteiger partial charge in [0.1, 0.15) is 5.82 Å².